The molecule has 147 valence electrons. The van der Waals surface area contributed by atoms with Gasteiger partial charge in [-0.2, -0.15) is 0 Å². The molecule has 1 radical (unpaired) electrons. The van der Waals surface area contributed by atoms with E-state index in [9.17, 15) is 9.59 Å². The van der Waals surface area contributed by atoms with E-state index in [4.69, 9.17) is 16.7 Å². The van der Waals surface area contributed by atoms with Crippen LogP contribution in [-0.2, 0) is 22.6 Å². The number of aliphatic hydroxyl groups is 1. The average Bonchev–Trinajstić information content (AvgIpc) is 3.22. The number of aromatic nitrogens is 3. The number of aliphatic hydroxyl groups excluding tert-OH is 1. The first kappa shape index (κ1) is 20.7. The van der Waals surface area contributed by atoms with Gasteiger partial charge in [-0.1, -0.05) is 35.0 Å². The van der Waals surface area contributed by atoms with Crippen molar-refractivity contribution < 1.29 is 14.7 Å². The third-order valence-corrected chi connectivity index (χ3v) is 4.53. The molecule has 0 aliphatic rings. The van der Waals surface area contributed by atoms with Crippen molar-refractivity contribution in [3.05, 3.63) is 71.0 Å². The molecule has 3 N–H and O–H groups in total. The van der Waals surface area contributed by atoms with Gasteiger partial charge in [-0.25, -0.2) is 4.68 Å². The van der Waals surface area contributed by atoms with Gasteiger partial charge in [0.05, 0.1) is 30.7 Å². The molecule has 1 heterocycles. The molecule has 2 aromatic carbocycles. The van der Waals surface area contributed by atoms with Crippen LogP contribution in [0.15, 0.2) is 54.7 Å². The molecule has 0 saturated heterocycles. The summed E-state index contributed by atoms with van der Waals surface area (Å²) in [6.07, 6.45) is 2.52. The maximum atomic E-state index is 12.7. The van der Waals surface area contributed by atoms with Gasteiger partial charge in [-0.15, -0.1) is 5.10 Å². The van der Waals surface area contributed by atoms with Gasteiger partial charge in [-0.3, -0.25) is 4.79 Å². The van der Waals surface area contributed by atoms with E-state index >= 15 is 0 Å². The maximum Gasteiger partial charge on any atom is 0.291 e. The van der Waals surface area contributed by atoms with E-state index in [2.05, 4.69) is 20.9 Å². The van der Waals surface area contributed by atoms with Gasteiger partial charge in [0.1, 0.15) is 5.69 Å². The molecule has 0 aliphatic heterocycles. The molecule has 0 fully saturated rings. The van der Waals surface area contributed by atoms with Crippen molar-refractivity contribution >= 4 is 36.8 Å². The Morgan fingerprint density at radius 2 is 2.00 bits per heavy atom. The smallest absolute Gasteiger partial charge is 0.291 e. The van der Waals surface area contributed by atoms with E-state index in [-0.39, 0.29) is 12.5 Å². The van der Waals surface area contributed by atoms with E-state index in [1.54, 1.807) is 36.5 Å². The van der Waals surface area contributed by atoms with Crippen LogP contribution in [0.2, 0.25) is 5.02 Å². The highest BCUT2D eigenvalue weighted by Gasteiger charge is 2.20. The lowest BCUT2D eigenvalue weighted by Crippen LogP contribution is -2.44. The molecule has 0 unspecified atom stereocenters. The van der Waals surface area contributed by atoms with Gasteiger partial charge in [0.15, 0.2) is 0 Å². The molecule has 0 spiro atoms. The number of carbonyl (C=O) groups excluding carboxylic acids is 2. The van der Waals surface area contributed by atoms with E-state index in [1.807, 2.05) is 18.2 Å². The van der Waals surface area contributed by atoms with Crippen LogP contribution >= 0.6 is 11.6 Å². The van der Waals surface area contributed by atoms with Crippen molar-refractivity contribution in [3.8, 4) is 5.69 Å². The van der Waals surface area contributed by atoms with Gasteiger partial charge in [-0.05, 0) is 42.3 Å². The second kappa shape index (κ2) is 9.97. The van der Waals surface area contributed by atoms with Crippen molar-refractivity contribution in [2.45, 2.75) is 19.1 Å². The minimum absolute atomic E-state index is 0.189. The summed E-state index contributed by atoms with van der Waals surface area (Å²) in [5.41, 5.74) is 2.57. The summed E-state index contributed by atoms with van der Waals surface area (Å²) in [6, 6.07) is 13.5. The first-order valence-corrected chi connectivity index (χ1v) is 9.18. The molecule has 1 aromatic heterocycles. The Bertz CT molecular complexity index is 980. The van der Waals surface area contributed by atoms with Crippen LogP contribution in [0.3, 0.4) is 0 Å². The lowest BCUT2D eigenvalue weighted by atomic mass is 9.93. The molecule has 8 nitrogen and oxygen atoms in total. The number of rotatable bonds is 9. The number of hydrogen-bond donors (Lipinski definition) is 3. The van der Waals surface area contributed by atoms with Crippen molar-refractivity contribution in [2.75, 3.05) is 5.32 Å². The van der Waals surface area contributed by atoms with Crippen LogP contribution in [0.25, 0.3) is 5.69 Å². The van der Waals surface area contributed by atoms with Crippen LogP contribution in [0.5, 0.6) is 0 Å². The van der Waals surface area contributed by atoms with Crippen LogP contribution < -0.4 is 10.5 Å². The van der Waals surface area contributed by atoms with Crippen molar-refractivity contribution in [3.63, 3.8) is 0 Å². The SMILES string of the molecule is O=C[B]N[C@@H](Cc1ccccc1Cl)C(=O)Nc1ccc(-n2cc(CO)nn2)cc1. The van der Waals surface area contributed by atoms with Crippen molar-refractivity contribution in [1.29, 1.82) is 0 Å². The molecule has 0 bridgehead atoms. The molecule has 3 aromatic rings. The molecular formula is C19H18BClN5O3. The first-order chi connectivity index (χ1) is 14.1. The summed E-state index contributed by atoms with van der Waals surface area (Å²) < 4.78 is 1.53. The Balaban J connectivity index is 1.69. The second-order valence-corrected chi connectivity index (χ2v) is 6.57. The third kappa shape index (κ3) is 5.51. The van der Waals surface area contributed by atoms with Gasteiger partial charge < -0.3 is 20.4 Å². The fourth-order valence-electron chi connectivity index (χ4n) is 2.69. The Hall–Kier alpha value is -3.01. The molecular weight excluding hydrogens is 393 g/mol. The molecule has 0 saturated carbocycles. The fraction of sp³-hybridized carbons (Fsp3) is 0.158. The minimum Gasteiger partial charge on any atom is -0.390 e. The lowest BCUT2D eigenvalue weighted by molar-refractivity contribution is -0.117. The summed E-state index contributed by atoms with van der Waals surface area (Å²) in [6.45, 7) is -0.189. The Labute approximate surface area is 173 Å². The molecule has 1 atom stereocenters. The van der Waals surface area contributed by atoms with Crippen molar-refractivity contribution in [2.24, 2.45) is 0 Å². The number of hydrogen-bond acceptors (Lipinski definition) is 6. The zero-order valence-corrected chi connectivity index (χ0v) is 16.1. The number of anilines is 1. The number of nitrogens with one attached hydrogen (secondary N) is 2. The number of nitrogens with zero attached hydrogens (tertiary/aromatic N) is 3. The van der Waals surface area contributed by atoms with E-state index in [1.165, 1.54) is 12.1 Å². The summed E-state index contributed by atoms with van der Waals surface area (Å²) in [5.74, 6) is -0.306. The zero-order valence-electron chi connectivity index (χ0n) is 15.3. The predicted octanol–water partition coefficient (Wildman–Crippen LogP) is 1.36. The number of halogens is 1. The van der Waals surface area contributed by atoms with Crippen LogP contribution in [0.4, 0.5) is 5.69 Å². The fourth-order valence-corrected chi connectivity index (χ4v) is 2.90. The maximum absolute atomic E-state index is 12.7. The highest BCUT2D eigenvalue weighted by molar-refractivity contribution is 6.64. The number of carbonyl (C=O) groups is 2. The molecule has 0 aliphatic carbocycles. The Kier molecular flexibility index (Phi) is 7.12. The molecule has 1 amide bonds. The van der Waals surface area contributed by atoms with Gasteiger partial charge in [0, 0.05) is 10.7 Å². The topological polar surface area (TPSA) is 109 Å². The summed E-state index contributed by atoms with van der Waals surface area (Å²) >= 11 is 6.19. The second-order valence-electron chi connectivity index (χ2n) is 6.17. The average molecular weight is 411 g/mol. The highest BCUT2D eigenvalue weighted by atomic mass is 35.5. The summed E-state index contributed by atoms with van der Waals surface area (Å²) in [5, 5.41) is 23.0. The van der Waals surface area contributed by atoms with Gasteiger partial charge in [0.25, 0.3) is 7.41 Å². The quantitative estimate of drug-likeness (QED) is 0.363. The Morgan fingerprint density at radius 1 is 1.24 bits per heavy atom. The van der Waals surface area contributed by atoms with Crippen LogP contribution in [-0.4, -0.2) is 45.6 Å². The Morgan fingerprint density at radius 3 is 2.66 bits per heavy atom. The highest BCUT2D eigenvalue weighted by Crippen LogP contribution is 2.18. The van der Waals surface area contributed by atoms with Crippen LogP contribution in [0.1, 0.15) is 11.3 Å². The molecule has 29 heavy (non-hydrogen) atoms. The monoisotopic (exact) mass is 410 g/mol. The normalized spacial score (nSPS) is 11.7. The van der Waals surface area contributed by atoms with E-state index in [0.717, 1.165) is 11.3 Å². The third-order valence-electron chi connectivity index (χ3n) is 4.17. The minimum atomic E-state index is -0.679. The number of benzene rings is 2. The predicted molar refractivity (Wildman–Crippen MR) is 110 cm³/mol. The first-order valence-electron chi connectivity index (χ1n) is 8.80. The van der Waals surface area contributed by atoms with Crippen LogP contribution in [0, 0.1) is 0 Å². The zero-order chi connectivity index (χ0) is 20.6. The van der Waals surface area contributed by atoms with Gasteiger partial charge in [0.2, 0.25) is 5.91 Å². The van der Waals surface area contributed by atoms with E-state index in [0.29, 0.717) is 29.0 Å². The van der Waals surface area contributed by atoms with Gasteiger partial charge >= 0.3 is 0 Å². The largest absolute Gasteiger partial charge is 0.390 e. The summed E-state index contributed by atoms with van der Waals surface area (Å²) in [7, 11) is 1.19. The lowest BCUT2D eigenvalue weighted by Gasteiger charge is -2.18. The number of amides is 1. The van der Waals surface area contributed by atoms with E-state index < -0.39 is 6.04 Å². The standard InChI is InChI=1S/C19H18BClN5O3/c21-17-4-2-1-3-13(17)9-18(23-20-12-28)19(29)22-14-5-7-16(8-6-14)26-10-15(11-27)24-25-26/h1-8,10,12,18,23,27H,9,11H2,(H,22,29)/t18-/m0/s1. The summed E-state index contributed by atoms with van der Waals surface area (Å²) in [4.78, 5) is 23.4. The van der Waals surface area contributed by atoms with Crippen molar-refractivity contribution in [1.82, 2.24) is 20.2 Å². The molecule has 3 rings (SSSR count). The molecule has 10 heteroatoms.